The molecule has 2 rings (SSSR count). The maximum Gasteiger partial charge on any atom is 0.170 e. The average molecular weight is 189 g/mol. The summed E-state index contributed by atoms with van der Waals surface area (Å²) in [7, 11) is 0. The fourth-order valence-corrected chi connectivity index (χ4v) is 2.79. The first kappa shape index (κ1) is 8.81. The molecule has 70 valence electrons. The summed E-state index contributed by atoms with van der Waals surface area (Å²) >= 11 is 1.97. The van der Waals surface area contributed by atoms with Crippen LogP contribution in [0.1, 0.15) is 12.8 Å². The Balaban J connectivity index is 1.94. The highest BCUT2D eigenvalue weighted by Gasteiger charge is 2.41. The predicted molar refractivity (Wildman–Crippen MR) is 49.2 cm³/mol. The van der Waals surface area contributed by atoms with Gasteiger partial charge in [-0.25, -0.2) is 0 Å². The first-order chi connectivity index (χ1) is 5.85. The number of nitrogens with two attached hydrogens (primary N) is 1. The lowest BCUT2D eigenvalue weighted by Gasteiger charge is -2.31. The summed E-state index contributed by atoms with van der Waals surface area (Å²) < 4.78 is 11.4. The van der Waals surface area contributed by atoms with Crippen molar-refractivity contribution in [2.45, 2.75) is 24.7 Å². The van der Waals surface area contributed by atoms with Crippen LogP contribution in [-0.2, 0) is 9.47 Å². The molecule has 1 spiro atoms. The van der Waals surface area contributed by atoms with Gasteiger partial charge in [-0.2, -0.15) is 11.8 Å². The van der Waals surface area contributed by atoms with E-state index in [9.17, 15) is 0 Å². The van der Waals surface area contributed by atoms with E-state index in [0.29, 0.717) is 13.2 Å². The first-order valence-corrected chi connectivity index (χ1v) is 5.60. The molecule has 2 aliphatic rings. The maximum absolute atomic E-state index is 5.78. The Kier molecular flexibility index (Phi) is 2.60. The van der Waals surface area contributed by atoms with Gasteiger partial charge in [0.2, 0.25) is 0 Å². The molecule has 12 heavy (non-hydrogen) atoms. The summed E-state index contributed by atoms with van der Waals surface area (Å²) in [4.78, 5) is 0. The molecule has 4 heteroatoms. The second-order valence-corrected chi connectivity index (χ2v) is 4.53. The molecule has 2 heterocycles. The fourth-order valence-electron chi connectivity index (χ4n) is 1.68. The van der Waals surface area contributed by atoms with E-state index in [1.165, 1.54) is 0 Å². The molecule has 2 fully saturated rings. The van der Waals surface area contributed by atoms with Crippen LogP contribution < -0.4 is 5.73 Å². The minimum absolute atomic E-state index is 0.132. The van der Waals surface area contributed by atoms with E-state index < -0.39 is 0 Å². The van der Waals surface area contributed by atoms with Crippen molar-refractivity contribution in [1.82, 2.24) is 0 Å². The van der Waals surface area contributed by atoms with E-state index in [2.05, 4.69) is 0 Å². The molecule has 1 atom stereocenters. The summed E-state index contributed by atoms with van der Waals surface area (Å²) in [5.41, 5.74) is 5.51. The zero-order chi connectivity index (χ0) is 8.44. The first-order valence-electron chi connectivity index (χ1n) is 4.44. The van der Waals surface area contributed by atoms with E-state index in [4.69, 9.17) is 15.2 Å². The van der Waals surface area contributed by atoms with Gasteiger partial charge in [0.1, 0.15) is 0 Å². The Hall–Kier alpha value is 0.230. The highest BCUT2D eigenvalue weighted by Crippen LogP contribution is 2.36. The molecular weight excluding hydrogens is 174 g/mol. The van der Waals surface area contributed by atoms with Crippen molar-refractivity contribution >= 4 is 11.8 Å². The van der Waals surface area contributed by atoms with Gasteiger partial charge in [-0.1, -0.05) is 0 Å². The van der Waals surface area contributed by atoms with Gasteiger partial charge in [-0.3, -0.25) is 0 Å². The van der Waals surface area contributed by atoms with Gasteiger partial charge >= 0.3 is 0 Å². The average Bonchev–Trinajstić information content (AvgIpc) is 2.50. The van der Waals surface area contributed by atoms with Crippen LogP contribution >= 0.6 is 11.8 Å². The molecule has 0 aromatic carbocycles. The lowest BCUT2D eigenvalue weighted by atomic mass is 10.1. The summed E-state index contributed by atoms with van der Waals surface area (Å²) in [5, 5.41) is 0. The minimum atomic E-state index is -0.255. The largest absolute Gasteiger partial charge is 0.347 e. The van der Waals surface area contributed by atoms with Crippen LogP contribution in [0.3, 0.4) is 0 Å². The molecule has 2 N–H and O–H groups in total. The summed E-state index contributed by atoms with van der Waals surface area (Å²) in [6.45, 7) is 1.26. The van der Waals surface area contributed by atoms with E-state index >= 15 is 0 Å². The highest BCUT2D eigenvalue weighted by atomic mass is 32.2. The maximum atomic E-state index is 5.78. The van der Waals surface area contributed by atoms with Gasteiger partial charge in [0, 0.05) is 19.4 Å². The van der Waals surface area contributed by atoms with Crippen molar-refractivity contribution < 1.29 is 9.47 Å². The molecule has 0 bridgehead atoms. The van der Waals surface area contributed by atoms with Gasteiger partial charge in [0.05, 0.1) is 12.7 Å². The Morgan fingerprint density at radius 3 is 2.75 bits per heavy atom. The van der Waals surface area contributed by atoms with Gasteiger partial charge in [0.15, 0.2) is 5.79 Å². The van der Waals surface area contributed by atoms with E-state index in [1.807, 2.05) is 11.8 Å². The minimum Gasteiger partial charge on any atom is -0.347 e. The summed E-state index contributed by atoms with van der Waals surface area (Å²) in [5.74, 6) is 2.05. The van der Waals surface area contributed by atoms with Crippen molar-refractivity contribution in [3.8, 4) is 0 Å². The number of hydrogen-bond donors (Lipinski definition) is 1. The Bertz CT molecular complexity index is 159. The Labute approximate surface area is 77.0 Å². The van der Waals surface area contributed by atoms with Crippen LogP contribution in [0.25, 0.3) is 0 Å². The fraction of sp³-hybridized carbons (Fsp3) is 1.00. The molecule has 2 aliphatic heterocycles. The number of ether oxygens (including phenoxy) is 2. The smallest absolute Gasteiger partial charge is 0.170 e. The molecule has 0 unspecified atom stereocenters. The standard InChI is InChI=1S/C8H15NO2S/c9-5-7-6-10-8(11-7)1-3-12-4-2-8/h7H,1-6,9H2/t7-/m1/s1. The quantitative estimate of drug-likeness (QED) is 0.655. The molecule has 0 aromatic heterocycles. The third-order valence-corrected chi connectivity index (χ3v) is 3.42. The Morgan fingerprint density at radius 1 is 1.42 bits per heavy atom. The monoisotopic (exact) mass is 189 g/mol. The lowest BCUT2D eigenvalue weighted by Crippen LogP contribution is -2.36. The number of rotatable bonds is 1. The van der Waals surface area contributed by atoms with Crippen LogP contribution in [0.2, 0.25) is 0 Å². The molecular formula is C8H15NO2S. The van der Waals surface area contributed by atoms with Crippen LogP contribution in [0.15, 0.2) is 0 Å². The molecule has 0 aliphatic carbocycles. The lowest BCUT2D eigenvalue weighted by molar-refractivity contribution is -0.170. The highest BCUT2D eigenvalue weighted by molar-refractivity contribution is 7.99. The van der Waals surface area contributed by atoms with Crippen molar-refractivity contribution in [1.29, 1.82) is 0 Å². The van der Waals surface area contributed by atoms with Crippen molar-refractivity contribution in [3.05, 3.63) is 0 Å². The van der Waals surface area contributed by atoms with Gasteiger partial charge in [-0.05, 0) is 11.5 Å². The zero-order valence-corrected chi connectivity index (χ0v) is 7.94. The molecule has 3 nitrogen and oxygen atoms in total. The van der Waals surface area contributed by atoms with E-state index in [0.717, 1.165) is 24.3 Å². The van der Waals surface area contributed by atoms with E-state index in [-0.39, 0.29) is 11.9 Å². The van der Waals surface area contributed by atoms with Crippen molar-refractivity contribution in [2.24, 2.45) is 5.73 Å². The van der Waals surface area contributed by atoms with Gasteiger partial charge in [0.25, 0.3) is 0 Å². The van der Waals surface area contributed by atoms with Crippen LogP contribution in [0.4, 0.5) is 0 Å². The third kappa shape index (κ3) is 1.62. The molecule has 0 saturated carbocycles. The van der Waals surface area contributed by atoms with Crippen molar-refractivity contribution in [3.63, 3.8) is 0 Å². The normalized spacial score (nSPS) is 34.2. The second-order valence-electron chi connectivity index (χ2n) is 3.31. The second kappa shape index (κ2) is 3.54. The number of thioether (sulfide) groups is 1. The van der Waals surface area contributed by atoms with Crippen LogP contribution in [0, 0.1) is 0 Å². The number of hydrogen-bond acceptors (Lipinski definition) is 4. The summed E-state index contributed by atoms with van der Waals surface area (Å²) in [6.07, 6.45) is 2.18. The Morgan fingerprint density at radius 2 is 2.17 bits per heavy atom. The molecule has 0 amide bonds. The van der Waals surface area contributed by atoms with Crippen LogP contribution in [-0.4, -0.2) is 36.5 Å². The third-order valence-electron chi connectivity index (χ3n) is 2.43. The molecule has 2 saturated heterocycles. The molecule has 0 aromatic rings. The van der Waals surface area contributed by atoms with E-state index in [1.54, 1.807) is 0 Å². The SMILES string of the molecule is NC[C@@H]1COC2(CCSCC2)O1. The predicted octanol–water partition coefficient (Wildman–Crippen LogP) is 0.584. The topological polar surface area (TPSA) is 44.5 Å². The summed E-state index contributed by atoms with van der Waals surface area (Å²) in [6, 6.07) is 0. The van der Waals surface area contributed by atoms with Gasteiger partial charge < -0.3 is 15.2 Å². The van der Waals surface area contributed by atoms with Gasteiger partial charge in [-0.15, -0.1) is 0 Å². The van der Waals surface area contributed by atoms with Crippen LogP contribution in [0.5, 0.6) is 0 Å². The van der Waals surface area contributed by atoms with Crippen molar-refractivity contribution in [2.75, 3.05) is 24.7 Å². The molecule has 0 radical (unpaired) electrons. The zero-order valence-electron chi connectivity index (χ0n) is 7.12.